The molecule has 4 heteroatoms. The number of likely N-dealkylation sites (N-methyl/N-ethyl adjacent to an activating group) is 1. The summed E-state index contributed by atoms with van der Waals surface area (Å²) in [5, 5.41) is 3.49. The Morgan fingerprint density at radius 1 is 1.38 bits per heavy atom. The Hall–Kier alpha value is -1.10. The van der Waals surface area contributed by atoms with Crippen LogP contribution in [0.15, 0.2) is 24.3 Å². The standard InChI is InChI=1S/C17H28N2O2/c1-3-9-20-16-7-5-6-15(11-16)12-18-13-17-14-19(4-2)8-10-21-17/h5-7,11,17-18H,3-4,8-10,12-14H2,1-2H3. The molecule has 0 aliphatic carbocycles. The van der Waals surface area contributed by atoms with Crippen LogP contribution in [0.4, 0.5) is 0 Å². The maximum Gasteiger partial charge on any atom is 0.119 e. The number of morpholine rings is 1. The fourth-order valence-electron chi connectivity index (χ4n) is 2.53. The number of nitrogens with zero attached hydrogens (tertiary/aromatic N) is 1. The zero-order valence-corrected chi connectivity index (χ0v) is 13.3. The summed E-state index contributed by atoms with van der Waals surface area (Å²) in [5.74, 6) is 0.960. The average molecular weight is 292 g/mol. The van der Waals surface area contributed by atoms with Gasteiger partial charge in [-0.3, -0.25) is 4.90 Å². The highest BCUT2D eigenvalue weighted by Gasteiger charge is 2.18. The van der Waals surface area contributed by atoms with E-state index in [-0.39, 0.29) is 0 Å². The van der Waals surface area contributed by atoms with Gasteiger partial charge in [-0.2, -0.15) is 0 Å². The van der Waals surface area contributed by atoms with Crippen LogP contribution in [0, 0.1) is 0 Å². The summed E-state index contributed by atoms with van der Waals surface area (Å²) in [5.41, 5.74) is 1.26. The van der Waals surface area contributed by atoms with E-state index in [0.29, 0.717) is 6.10 Å². The Balaban J connectivity index is 1.72. The van der Waals surface area contributed by atoms with Crippen LogP contribution in [0.2, 0.25) is 0 Å². The van der Waals surface area contributed by atoms with Crippen LogP contribution in [0.1, 0.15) is 25.8 Å². The Morgan fingerprint density at radius 3 is 3.10 bits per heavy atom. The van der Waals surface area contributed by atoms with Crippen LogP contribution in [0.3, 0.4) is 0 Å². The molecule has 0 amide bonds. The van der Waals surface area contributed by atoms with Crippen LogP contribution in [0.5, 0.6) is 5.75 Å². The fraction of sp³-hybridized carbons (Fsp3) is 0.647. The first kappa shape index (κ1) is 16.3. The number of rotatable bonds is 8. The van der Waals surface area contributed by atoms with Crippen LogP contribution >= 0.6 is 0 Å². The van der Waals surface area contributed by atoms with Gasteiger partial charge in [0.1, 0.15) is 5.75 Å². The van der Waals surface area contributed by atoms with E-state index in [1.54, 1.807) is 0 Å². The van der Waals surface area contributed by atoms with Crippen molar-refractivity contribution in [2.45, 2.75) is 32.9 Å². The number of nitrogens with one attached hydrogen (secondary N) is 1. The van der Waals surface area contributed by atoms with Gasteiger partial charge in [-0.05, 0) is 30.7 Å². The smallest absolute Gasteiger partial charge is 0.119 e. The number of hydrogen-bond acceptors (Lipinski definition) is 4. The van der Waals surface area contributed by atoms with Crippen molar-refractivity contribution in [2.24, 2.45) is 0 Å². The molecule has 0 bridgehead atoms. The lowest BCUT2D eigenvalue weighted by Crippen LogP contribution is -2.46. The summed E-state index contributed by atoms with van der Waals surface area (Å²) < 4.78 is 11.5. The normalized spacial score (nSPS) is 19.6. The molecule has 0 spiro atoms. The van der Waals surface area contributed by atoms with Crippen LogP contribution < -0.4 is 10.1 Å². The van der Waals surface area contributed by atoms with Crippen LogP contribution in [-0.2, 0) is 11.3 Å². The monoisotopic (exact) mass is 292 g/mol. The molecule has 1 aromatic carbocycles. The van der Waals surface area contributed by atoms with Crippen molar-refractivity contribution in [3.8, 4) is 5.75 Å². The SMILES string of the molecule is CCCOc1cccc(CNCC2CN(CC)CCO2)c1. The Bertz CT molecular complexity index is 412. The summed E-state index contributed by atoms with van der Waals surface area (Å²) in [6.45, 7) is 10.9. The number of hydrogen-bond donors (Lipinski definition) is 1. The molecule has 21 heavy (non-hydrogen) atoms. The second-order valence-corrected chi connectivity index (χ2v) is 5.51. The predicted octanol–water partition coefficient (Wildman–Crippen LogP) is 2.29. The average Bonchev–Trinajstić information content (AvgIpc) is 2.53. The molecule has 1 N–H and O–H groups in total. The molecule has 1 aromatic rings. The molecule has 4 nitrogen and oxygen atoms in total. The fourth-order valence-corrected chi connectivity index (χ4v) is 2.53. The second-order valence-electron chi connectivity index (χ2n) is 5.51. The summed E-state index contributed by atoms with van der Waals surface area (Å²) in [4.78, 5) is 2.44. The molecule has 1 heterocycles. The van der Waals surface area contributed by atoms with Gasteiger partial charge >= 0.3 is 0 Å². The van der Waals surface area contributed by atoms with Crippen molar-refractivity contribution >= 4 is 0 Å². The quantitative estimate of drug-likeness (QED) is 0.797. The molecular weight excluding hydrogens is 264 g/mol. The lowest BCUT2D eigenvalue weighted by Gasteiger charge is -2.32. The van der Waals surface area contributed by atoms with Crippen molar-refractivity contribution in [1.29, 1.82) is 0 Å². The number of benzene rings is 1. The van der Waals surface area contributed by atoms with Crippen molar-refractivity contribution in [3.05, 3.63) is 29.8 Å². The maximum atomic E-state index is 5.80. The maximum absolute atomic E-state index is 5.80. The van der Waals surface area contributed by atoms with Crippen molar-refractivity contribution in [1.82, 2.24) is 10.2 Å². The molecule has 1 unspecified atom stereocenters. The van der Waals surface area contributed by atoms with Crippen LogP contribution in [-0.4, -0.2) is 50.4 Å². The largest absolute Gasteiger partial charge is 0.494 e. The van der Waals surface area contributed by atoms with E-state index in [1.807, 2.05) is 6.07 Å². The number of ether oxygens (including phenoxy) is 2. The third kappa shape index (κ3) is 5.65. The van der Waals surface area contributed by atoms with Gasteiger partial charge in [0.2, 0.25) is 0 Å². The van der Waals surface area contributed by atoms with Gasteiger partial charge in [-0.25, -0.2) is 0 Å². The van der Waals surface area contributed by atoms with E-state index < -0.39 is 0 Å². The lowest BCUT2D eigenvalue weighted by atomic mass is 10.2. The van der Waals surface area contributed by atoms with E-state index in [0.717, 1.165) is 58.1 Å². The van der Waals surface area contributed by atoms with Gasteiger partial charge in [-0.1, -0.05) is 26.0 Å². The summed E-state index contributed by atoms with van der Waals surface area (Å²) in [6, 6.07) is 8.31. The van der Waals surface area contributed by atoms with Gasteiger partial charge < -0.3 is 14.8 Å². The molecule has 1 aliphatic rings. The zero-order valence-electron chi connectivity index (χ0n) is 13.3. The van der Waals surface area contributed by atoms with Gasteiger partial charge in [-0.15, -0.1) is 0 Å². The predicted molar refractivity (Wildman–Crippen MR) is 85.8 cm³/mol. The topological polar surface area (TPSA) is 33.7 Å². The van der Waals surface area contributed by atoms with Gasteiger partial charge in [0.15, 0.2) is 0 Å². The van der Waals surface area contributed by atoms with Crippen molar-refractivity contribution in [3.63, 3.8) is 0 Å². The Morgan fingerprint density at radius 2 is 2.29 bits per heavy atom. The molecule has 1 saturated heterocycles. The van der Waals surface area contributed by atoms with E-state index in [1.165, 1.54) is 5.56 Å². The highest BCUT2D eigenvalue weighted by Crippen LogP contribution is 2.13. The summed E-state index contributed by atoms with van der Waals surface area (Å²) in [6.07, 6.45) is 1.34. The molecule has 0 aromatic heterocycles. The molecule has 118 valence electrons. The van der Waals surface area contributed by atoms with Crippen molar-refractivity contribution < 1.29 is 9.47 Å². The first-order valence-corrected chi connectivity index (χ1v) is 8.08. The van der Waals surface area contributed by atoms with Crippen molar-refractivity contribution in [2.75, 3.05) is 39.4 Å². The van der Waals surface area contributed by atoms with E-state index in [9.17, 15) is 0 Å². The van der Waals surface area contributed by atoms with Crippen LogP contribution in [0.25, 0.3) is 0 Å². The highest BCUT2D eigenvalue weighted by molar-refractivity contribution is 5.28. The molecule has 2 rings (SSSR count). The molecule has 1 atom stereocenters. The molecule has 0 radical (unpaired) electrons. The third-order valence-corrected chi connectivity index (χ3v) is 3.74. The minimum Gasteiger partial charge on any atom is -0.494 e. The van der Waals surface area contributed by atoms with Gasteiger partial charge in [0, 0.05) is 26.2 Å². The summed E-state index contributed by atoms with van der Waals surface area (Å²) >= 11 is 0. The van der Waals surface area contributed by atoms with E-state index in [2.05, 4.69) is 42.3 Å². The van der Waals surface area contributed by atoms with Gasteiger partial charge in [0.25, 0.3) is 0 Å². The summed E-state index contributed by atoms with van der Waals surface area (Å²) in [7, 11) is 0. The third-order valence-electron chi connectivity index (χ3n) is 3.74. The first-order valence-electron chi connectivity index (χ1n) is 8.08. The Kier molecular flexibility index (Phi) is 7.00. The second kappa shape index (κ2) is 9.03. The molecular formula is C17H28N2O2. The highest BCUT2D eigenvalue weighted by atomic mass is 16.5. The lowest BCUT2D eigenvalue weighted by molar-refractivity contribution is -0.0253. The minimum atomic E-state index is 0.304. The molecule has 0 saturated carbocycles. The first-order chi connectivity index (χ1) is 10.3. The van der Waals surface area contributed by atoms with Gasteiger partial charge in [0.05, 0.1) is 19.3 Å². The van der Waals surface area contributed by atoms with E-state index in [4.69, 9.17) is 9.47 Å². The molecule has 1 fully saturated rings. The molecule has 1 aliphatic heterocycles. The Labute approximate surface area is 128 Å². The zero-order chi connectivity index (χ0) is 14.9. The minimum absolute atomic E-state index is 0.304. The van der Waals surface area contributed by atoms with E-state index >= 15 is 0 Å².